The van der Waals surface area contributed by atoms with Crippen LogP contribution in [0.1, 0.15) is 18.4 Å². The number of hydrogen-bond donors (Lipinski definition) is 2. The van der Waals surface area contributed by atoms with Gasteiger partial charge in [-0.25, -0.2) is 0 Å². The molecule has 1 saturated heterocycles. The molecule has 0 aliphatic carbocycles. The largest absolute Gasteiger partial charge is 0.491 e. The highest BCUT2D eigenvalue weighted by atomic mass is 35.5. The highest BCUT2D eigenvalue weighted by Gasteiger charge is 2.16. The Morgan fingerprint density at radius 3 is 2.96 bits per heavy atom. The van der Waals surface area contributed by atoms with E-state index < -0.39 is 0 Å². The Labute approximate surface area is 158 Å². The van der Waals surface area contributed by atoms with Crippen LogP contribution in [0.15, 0.2) is 42.5 Å². The number of rotatable bonds is 7. The number of hydrogen-bond acceptors (Lipinski definition) is 4. The van der Waals surface area contributed by atoms with E-state index in [-0.39, 0.29) is 18.6 Å². The Morgan fingerprint density at radius 2 is 2.15 bits per heavy atom. The molecule has 26 heavy (non-hydrogen) atoms. The molecule has 2 aromatic carbocycles. The first-order valence-electron chi connectivity index (χ1n) is 8.75. The van der Waals surface area contributed by atoms with Crippen molar-refractivity contribution < 1.29 is 14.3 Å². The number of carbonyl (C=O) groups is 1. The number of halogens is 1. The summed E-state index contributed by atoms with van der Waals surface area (Å²) in [6.07, 6.45) is 2.28. The average Bonchev–Trinajstić information content (AvgIpc) is 3.15. The van der Waals surface area contributed by atoms with E-state index in [1.807, 2.05) is 49.4 Å². The fraction of sp³-hybridized carbons (Fsp3) is 0.350. The molecule has 2 aromatic rings. The number of carbonyl (C=O) groups excluding carboxylic acids is 1. The molecule has 1 fully saturated rings. The van der Waals surface area contributed by atoms with Crippen LogP contribution in [-0.4, -0.2) is 31.8 Å². The molecule has 1 atom stereocenters. The number of anilines is 2. The van der Waals surface area contributed by atoms with Crippen LogP contribution < -0.4 is 15.4 Å². The Kier molecular flexibility index (Phi) is 6.36. The number of nitrogens with one attached hydrogen (secondary N) is 2. The van der Waals surface area contributed by atoms with Crippen molar-refractivity contribution in [3.8, 4) is 5.75 Å². The summed E-state index contributed by atoms with van der Waals surface area (Å²) in [5, 5.41) is 6.65. The molecule has 0 radical (unpaired) electrons. The van der Waals surface area contributed by atoms with Crippen molar-refractivity contribution in [1.82, 2.24) is 0 Å². The zero-order valence-electron chi connectivity index (χ0n) is 14.8. The zero-order chi connectivity index (χ0) is 18.4. The number of amides is 1. The van der Waals surface area contributed by atoms with Gasteiger partial charge in [-0.2, -0.15) is 0 Å². The smallest absolute Gasteiger partial charge is 0.243 e. The van der Waals surface area contributed by atoms with Gasteiger partial charge in [-0.3, -0.25) is 4.79 Å². The first-order valence-corrected chi connectivity index (χ1v) is 9.13. The normalized spacial score (nSPS) is 16.3. The molecule has 1 heterocycles. The lowest BCUT2D eigenvalue weighted by Gasteiger charge is -2.13. The lowest BCUT2D eigenvalue weighted by Crippen LogP contribution is -2.22. The summed E-state index contributed by atoms with van der Waals surface area (Å²) in [7, 11) is 0. The molecule has 0 bridgehead atoms. The quantitative estimate of drug-likeness (QED) is 0.760. The highest BCUT2D eigenvalue weighted by molar-refractivity contribution is 6.31. The summed E-state index contributed by atoms with van der Waals surface area (Å²) in [6.45, 7) is 3.41. The third-order valence-corrected chi connectivity index (χ3v) is 4.69. The maximum absolute atomic E-state index is 12.2. The van der Waals surface area contributed by atoms with E-state index in [0.29, 0.717) is 17.3 Å². The Morgan fingerprint density at radius 1 is 1.31 bits per heavy atom. The zero-order valence-corrected chi connectivity index (χ0v) is 15.5. The van der Waals surface area contributed by atoms with Crippen LogP contribution >= 0.6 is 11.6 Å². The molecule has 0 aromatic heterocycles. The van der Waals surface area contributed by atoms with Crippen LogP contribution in [0.3, 0.4) is 0 Å². The fourth-order valence-electron chi connectivity index (χ4n) is 2.81. The lowest BCUT2D eigenvalue weighted by atomic mass is 10.2. The second-order valence-electron chi connectivity index (χ2n) is 6.29. The van der Waals surface area contributed by atoms with Gasteiger partial charge in [-0.15, -0.1) is 0 Å². The maximum Gasteiger partial charge on any atom is 0.243 e. The van der Waals surface area contributed by atoms with Crippen molar-refractivity contribution in [2.24, 2.45) is 0 Å². The van der Waals surface area contributed by atoms with Gasteiger partial charge >= 0.3 is 0 Å². The molecule has 1 amide bonds. The van der Waals surface area contributed by atoms with Crippen molar-refractivity contribution in [2.45, 2.75) is 25.9 Å². The van der Waals surface area contributed by atoms with Crippen molar-refractivity contribution in [3.05, 3.63) is 53.1 Å². The first kappa shape index (κ1) is 18.5. The van der Waals surface area contributed by atoms with Gasteiger partial charge in [0.05, 0.1) is 12.6 Å². The maximum atomic E-state index is 12.2. The van der Waals surface area contributed by atoms with Crippen LogP contribution in [0, 0.1) is 6.92 Å². The average molecular weight is 375 g/mol. The number of benzene rings is 2. The van der Waals surface area contributed by atoms with E-state index in [1.165, 1.54) is 0 Å². The summed E-state index contributed by atoms with van der Waals surface area (Å²) in [4.78, 5) is 12.2. The van der Waals surface area contributed by atoms with Gasteiger partial charge in [0.15, 0.2) is 0 Å². The standard InChI is InChI=1S/C20H23ClN2O3/c1-14-18(21)8-3-9-19(14)22-12-20(24)23-15-5-2-6-16(11-15)26-13-17-7-4-10-25-17/h2-3,5-6,8-9,11,17,22H,4,7,10,12-13H2,1H3,(H,23,24). The van der Waals surface area contributed by atoms with Crippen LogP contribution in [0.2, 0.25) is 5.02 Å². The van der Waals surface area contributed by atoms with Gasteiger partial charge in [0, 0.05) is 29.1 Å². The highest BCUT2D eigenvalue weighted by Crippen LogP contribution is 2.23. The summed E-state index contributed by atoms with van der Waals surface area (Å²) in [6, 6.07) is 13.0. The second-order valence-corrected chi connectivity index (χ2v) is 6.70. The van der Waals surface area contributed by atoms with E-state index in [1.54, 1.807) is 0 Å². The van der Waals surface area contributed by atoms with Gasteiger partial charge in [0.1, 0.15) is 12.4 Å². The Hall–Kier alpha value is -2.24. The molecular formula is C20H23ClN2O3. The summed E-state index contributed by atoms with van der Waals surface area (Å²) >= 11 is 6.09. The third-order valence-electron chi connectivity index (χ3n) is 4.28. The first-order chi connectivity index (χ1) is 12.6. The molecule has 1 aliphatic heterocycles. The van der Waals surface area contributed by atoms with Gasteiger partial charge in [-0.05, 0) is 49.6 Å². The van der Waals surface area contributed by atoms with E-state index in [4.69, 9.17) is 21.1 Å². The number of ether oxygens (including phenoxy) is 2. The van der Waals surface area contributed by atoms with Gasteiger partial charge in [0.25, 0.3) is 0 Å². The molecule has 2 N–H and O–H groups in total. The lowest BCUT2D eigenvalue weighted by molar-refractivity contribution is -0.114. The van der Waals surface area contributed by atoms with Gasteiger partial charge < -0.3 is 20.1 Å². The second kappa shape index (κ2) is 8.92. The van der Waals surface area contributed by atoms with E-state index in [0.717, 1.165) is 36.4 Å². The van der Waals surface area contributed by atoms with Crippen LogP contribution in [-0.2, 0) is 9.53 Å². The molecule has 138 valence electrons. The van der Waals surface area contributed by atoms with Crippen molar-refractivity contribution in [1.29, 1.82) is 0 Å². The molecular weight excluding hydrogens is 352 g/mol. The minimum Gasteiger partial charge on any atom is -0.491 e. The molecule has 0 spiro atoms. The molecule has 0 saturated carbocycles. The van der Waals surface area contributed by atoms with Crippen LogP contribution in [0.4, 0.5) is 11.4 Å². The van der Waals surface area contributed by atoms with Gasteiger partial charge in [0.2, 0.25) is 5.91 Å². The Balaban J connectivity index is 1.50. The van der Waals surface area contributed by atoms with E-state index in [9.17, 15) is 4.79 Å². The minimum atomic E-state index is -0.138. The van der Waals surface area contributed by atoms with E-state index >= 15 is 0 Å². The third kappa shape index (κ3) is 5.13. The van der Waals surface area contributed by atoms with Crippen molar-refractivity contribution in [3.63, 3.8) is 0 Å². The van der Waals surface area contributed by atoms with Crippen molar-refractivity contribution >= 4 is 28.9 Å². The molecule has 1 unspecified atom stereocenters. The topological polar surface area (TPSA) is 59.6 Å². The monoisotopic (exact) mass is 374 g/mol. The predicted octanol–water partition coefficient (Wildman–Crippen LogP) is 4.26. The summed E-state index contributed by atoms with van der Waals surface area (Å²) in [5.74, 6) is 0.581. The van der Waals surface area contributed by atoms with Crippen molar-refractivity contribution in [2.75, 3.05) is 30.4 Å². The molecule has 3 rings (SSSR count). The van der Waals surface area contributed by atoms with Crippen LogP contribution in [0.25, 0.3) is 0 Å². The summed E-state index contributed by atoms with van der Waals surface area (Å²) < 4.78 is 11.3. The SMILES string of the molecule is Cc1c(Cl)cccc1NCC(=O)Nc1cccc(OCC2CCCO2)c1. The van der Waals surface area contributed by atoms with E-state index in [2.05, 4.69) is 10.6 Å². The fourth-order valence-corrected chi connectivity index (χ4v) is 2.98. The van der Waals surface area contributed by atoms with Crippen LogP contribution in [0.5, 0.6) is 5.75 Å². The van der Waals surface area contributed by atoms with Gasteiger partial charge in [-0.1, -0.05) is 23.7 Å². The predicted molar refractivity (Wildman–Crippen MR) is 104 cm³/mol. The molecule has 6 heteroatoms. The molecule has 1 aliphatic rings. The molecule has 5 nitrogen and oxygen atoms in total. The summed E-state index contributed by atoms with van der Waals surface area (Å²) in [5.41, 5.74) is 2.47. The Bertz CT molecular complexity index is 760. The minimum absolute atomic E-state index is 0.138.